The van der Waals surface area contributed by atoms with Gasteiger partial charge in [0.15, 0.2) is 0 Å². The fraction of sp³-hybridized carbons (Fsp3) is 0.500. The fourth-order valence-electron chi connectivity index (χ4n) is 2.38. The largest absolute Gasteiger partial charge is 0.481 e. The van der Waals surface area contributed by atoms with Gasteiger partial charge in [-0.15, -0.1) is 0 Å². The van der Waals surface area contributed by atoms with E-state index in [4.69, 9.17) is 5.11 Å². The summed E-state index contributed by atoms with van der Waals surface area (Å²) in [6.45, 7) is 4.21. The second-order valence-electron chi connectivity index (χ2n) is 4.96. The minimum absolute atomic E-state index is 0.128. The summed E-state index contributed by atoms with van der Waals surface area (Å²) in [5, 5.41) is 8.99. The van der Waals surface area contributed by atoms with Gasteiger partial charge < -0.3 is 5.11 Å². The molecular formula is C14H18O2. The smallest absolute Gasteiger partial charge is 0.307 e. The topological polar surface area (TPSA) is 37.3 Å². The minimum atomic E-state index is -0.667. The summed E-state index contributed by atoms with van der Waals surface area (Å²) in [7, 11) is 0. The SMILES string of the molecule is CCCc1ccc(C2(C)CC2C(=O)O)cc1. The van der Waals surface area contributed by atoms with Crippen molar-refractivity contribution in [1.29, 1.82) is 0 Å². The first-order valence-corrected chi connectivity index (χ1v) is 5.90. The van der Waals surface area contributed by atoms with Gasteiger partial charge in [0.05, 0.1) is 5.92 Å². The number of hydrogen-bond acceptors (Lipinski definition) is 1. The predicted octanol–water partition coefficient (Wildman–Crippen LogP) is 3.00. The van der Waals surface area contributed by atoms with E-state index in [2.05, 4.69) is 31.2 Å². The summed E-state index contributed by atoms with van der Waals surface area (Å²) < 4.78 is 0. The van der Waals surface area contributed by atoms with Crippen molar-refractivity contribution in [2.24, 2.45) is 5.92 Å². The molecule has 1 aliphatic carbocycles. The Bertz CT molecular complexity index is 394. The molecule has 0 bridgehead atoms. The number of aliphatic carboxylic acids is 1. The summed E-state index contributed by atoms with van der Waals surface area (Å²) in [5.74, 6) is -0.857. The molecule has 1 fully saturated rings. The maximum absolute atomic E-state index is 10.9. The Morgan fingerprint density at radius 1 is 1.44 bits per heavy atom. The Hall–Kier alpha value is -1.31. The van der Waals surface area contributed by atoms with E-state index in [-0.39, 0.29) is 11.3 Å². The number of carboxylic acids is 1. The van der Waals surface area contributed by atoms with E-state index in [1.54, 1.807) is 0 Å². The molecule has 0 aliphatic heterocycles. The highest BCUT2D eigenvalue weighted by Crippen LogP contribution is 2.53. The van der Waals surface area contributed by atoms with Gasteiger partial charge in [0.1, 0.15) is 0 Å². The minimum Gasteiger partial charge on any atom is -0.481 e. The van der Waals surface area contributed by atoms with Crippen LogP contribution in [0, 0.1) is 5.92 Å². The van der Waals surface area contributed by atoms with E-state index >= 15 is 0 Å². The van der Waals surface area contributed by atoms with E-state index in [9.17, 15) is 4.79 Å². The lowest BCUT2D eigenvalue weighted by molar-refractivity contribution is -0.138. The van der Waals surface area contributed by atoms with Gasteiger partial charge in [-0.1, -0.05) is 44.5 Å². The lowest BCUT2D eigenvalue weighted by Gasteiger charge is -2.11. The van der Waals surface area contributed by atoms with Crippen molar-refractivity contribution in [3.63, 3.8) is 0 Å². The summed E-state index contributed by atoms with van der Waals surface area (Å²) in [6, 6.07) is 8.44. The monoisotopic (exact) mass is 218 g/mol. The Balaban J connectivity index is 2.14. The van der Waals surface area contributed by atoms with Gasteiger partial charge in [0, 0.05) is 5.41 Å². The molecule has 1 saturated carbocycles. The zero-order chi connectivity index (χ0) is 11.8. The average molecular weight is 218 g/mol. The number of carbonyl (C=O) groups is 1. The molecule has 0 radical (unpaired) electrons. The Kier molecular flexibility index (Phi) is 2.75. The first-order chi connectivity index (χ1) is 7.58. The molecule has 16 heavy (non-hydrogen) atoms. The van der Waals surface area contributed by atoms with Crippen molar-refractivity contribution in [3.05, 3.63) is 35.4 Å². The van der Waals surface area contributed by atoms with E-state index in [1.165, 1.54) is 11.1 Å². The zero-order valence-electron chi connectivity index (χ0n) is 9.86. The third kappa shape index (κ3) is 1.84. The van der Waals surface area contributed by atoms with Crippen LogP contribution in [-0.4, -0.2) is 11.1 Å². The Morgan fingerprint density at radius 2 is 2.06 bits per heavy atom. The van der Waals surface area contributed by atoms with Gasteiger partial charge in [-0.2, -0.15) is 0 Å². The van der Waals surface area contributed by atoms with Gasteiger partial charge in [0.25, 0.3) is 0 Å². The van der Waals surface area contributed by atoms with Crippen LogP contribution in [0.15, 0.2) is 24.3 Å². The number of rotatable bonds is 4. The van der Waals surface area contributed by atoms with Crippen LogP contribution in [0.4, 0.5) is 0 Å². The van der Waals surface area contributed by atoms with Gasteiger partial charge in [0.2, 0.25) is 0 Å². The highest BCUT2D eigenvalue weighted by molar-refractivity contribution is 5.77. The number of carboxylic acid groups (broad SMARTS) is 1. The first-order valence-electron chi connectivity index (χ1n) is 5.90. The van der Waals surface area contributed by atoms with Crippen LogP contribution < -0.4 is 0 Å². The normalized spacial score (nSPS) is 27.8. The van der Waals surface area contributed by atoms with Crippen LogP contribution in [0.5, 0.6) is 0 Å². The summed E-state index contributed by atoms with van der Waals surface area (Å²) in [6.07, 6.45) is 3.02. The van der Waals surface area contributed by atoms with Gasteiger partial charge >= 0.3 is 5.97 Å². The molecule has 1 aromatic rings. The van der Waals surface area contributed by atoms with Crippen molar-refractivity contribution >= 4 is 5.97 Å². The lowest BCUT2D eigenvalue weighted by atomic mass is 9.94. The average Bonchev–Trinajstić information content (AvgIpc) is 2.94. The number of benzene rings is 1. The molecule has 1 N–H and O–H groups in total. The van der Waals surface area contributed by atoms with Crippen LogP contribution in [-0.2, 0) is 16.6 Å². The summed E-state index contributed by atoms with van der Waals surface area (Å²) in [5.41, 5.74) is 2.37. The van der Waals surface area contributed by atoms with Crippen LogP contribution >= 0.6 is 0 Å². The molecule has 2 atom stereocenters. The maximum Gasteiger partial charge on any atom is 0.307 e. The van der Waals surface area contributed by atoms with Gasteiger partial charge in [-0.25, -0.2) is 0 Å². The molecule has 2 heteroatoms. The van der Waals surface area contributed by atoms with E-state index in [1.807, 2.05) is 6.92 Å². The van der Waals surface area contributed by atoms with Crippen molar-refractivity contribution in [2.75, 3.05) is 0 Å². The molecule has 0 saturated heterocycles. The van der Waals surface area contributed by atoms with E-state index < -0.39 is 5.97 Å². The highest BCUT2D eigenvalue weighted by atomic mass is 16.4. The summed E-state index contributed by atoms with van der Waals surface area (Å²) in [4.78, 5) is 10.9. The molecule has 0 amide bonds. The molecular weight excluding hydrogens is 200 g/mol. The molecule has 1 aromatic carbocycles. The summed E-state index contributed by atoms with van der Waals surface area (Å²) >= 11 is 0. The van der Waals surface area contributed by atoms with Crippen LogP contribution in [0.2, 0.25) is 0 Å². The second-order valence-corrected chi connectivity index (χ2v) is 4.96. The molecule has 0 heterocycles. The van der Waals surface area contributed by atoms with Crippen molar-refractivity contribution in [1.82, 2.24) is 0 Å². The lowest BCUT2D eigenvalue weighted by Crippen LogP contribution is -2.10. The molecule has 2 unspecified atom stereocenters. The van der Waals surface area contributed by atoms with Crippen LogP contribution in [0.25, 0.3) is 0 Å². The number of aryl methyl sites for hydroxylation is 1. The molecule has 2 rings (SSSR count). The van der Waals surface area contributed by atoms with E-state index in [0.29, 0.717) is 0 Å². The predicted molar refractivity (Wildman–Crippen MR) is 63.5 cm³/mol. The van der Waals surface area contributed by atoms with Gasteiger partial charge in [-0.05, 0) is 24.0 Å². The molecule has 0 spiro atoms. The third-order valence-corrected chi connectivity index (χ3v) is 3.69. The third-order valence-electron chi connectivity index (χ3n) is 3.69. The van der Waals surface area contributed by atoms with Crippen molar-refractivity contribution in [2.45, 2.75) is 38.5 Å². The molecule has 0 aromatic heterocycles. The van der Waals surface area contributed by atoms with Crippen LogP contribution in [0.1, 0.15) is 37.8 Å². The Morgan fingerprint density at radius 3 is 2.50 bits per heavy atom. The number of hydrogen-bond donors (Lipinski definition) is 1. The maximum atomic E-state index is 10.9. The first kappa shape index (κ1) is 11.2. The van der Waals surface area contributed by atoms with Crippen molar-refractivity contribution in [3.8, 4) is 0 Å². The Labute approximate surface area is 96.3 Å². The molecule has 2 nitrogen and oxygen atoms in total. The van der Waals surface area contributed by atoms with Crippen molar-refractivity contribution < 1.29 is 9.90 Å². The van der Waals surface area contributed by atoms with E-state index in [0.717, 1.165) is 19.3 Å². The molecule has 1 aliphatic rings. The standard InChI is InChI=1S/C14H18O2/c1-3-4-10-5-7-11(8-6-10)14(2)9-12(14)13(15)16/h5-8,12H,3-4,9H2,1-2H3,(H,15,16). The second kappa shape index (κ2) is 3.93. The molecule has 86 valence electrons. The van der Waals surface area contributed by atoms with Crippen LogP contribution in [0.3, 0.4) is 0 Å². The quantitative estimate of drug-likeness (QED) is 0.843. The van der Waals surface area contributed by atoms with Gasteiger partial charge in [-0.3, -0.25) is 4.79 Å². The highest BCUT2D eigenvalue weighted by Gasteiger charge is 2.55. The zero-order valence-corrected chi connectivity index (χ0v) is 9.86. The fourth-order valence-corrected chi connectivity index (χ4v) is 2.38.